The fourth-order valence-corrected chi connectivity index (χ4v) is 9.40. The molecular weight excluding hydrogens is 596 g/mol. The zero-order valence-electron chi connectivity index (χ0n) is 28.7. The van der Waals surface area contributed by atoms with E-state index in [0.717, 1.165) is 6.42 Å². The third-order valence-corrected chi connectivity index (χ3v) is 11.6. The highest BCUT2D eigenvalue weighted by molar-refractivity contribution is 6.04. The molecule has 8 nitrogen and oxygen atoms in total. The molecule has 0 aromatic heterocycles. The Kier molecular flexibility index (Phi) is 9.14. The molecule has 0 amide bonds. The van der Waals surface area contributed by atoms with Gasteiger partial charge in [0.05, 0.1) is 12.2 Å². The van der Waals surface area contributed by atoms with Crippen LogP contribution in [0.25, 0.3) is 0 Å². The predicted octanol–water partition coefficient (Wildman–Crippen LogP) is 5.56. The van der Waals surface area contributed by atoms with Gasteiger partial charge in [0.1, 0.15) is 11.7 Å². The van der Waals surface area contributed by atoms with E-state index in [2.05, 4.69) is 26.8 Å². The lowest BCUT2D eigenvalue weighted by Gasteiger charge is -2.48. The maximum absolute atomic E-state index is 13.2. The second-order valence-corrected chi connectivity index (χ2v) is 15.4. The maximum atomic E-state index is 13.2. The molecule has 0 radical (unpaired) electrons. The summed E-state index contributed by atoms with van der Waals surface area (Å²) in [5.41, 5.74) is -1.91. The molecule has 2 saturated carbocycles. The summed E-state index contributed by atoms with van der Waals surface area (Å²) in [5, 5.41) is 34.4. The normalized spacial score (nSPS) is 37.4. The SMILES string of the molecule is CC(=O)O[C@]12[C@H]([C@@H]3C=C(CO)C[C@]4(O)C(=O)C(C)=C[C@H]4[C@@]3(O)C[C@H]1OC(=O)/C=C/C=C/C=C/C=C/C1=C(C)CCCC1(C)C)C2(C)C. The number of carbonyl (C=O) groups excluding carboxylic acids is 3. The number of carbonyl (C=O) groups is 3. The van der Waals surface area contributed by atoms with Gasteiger partial charge >= 0.3 is 11.9 Å². The second-order valence-electron chi connectivity index (χ2n) is 15.4. The number of allylic oxidation sites excluding steroid dienone is 9. The van der Waals surface area contributed by atoms with Gasteiger partial charge in [0.25, 0.3) is 0 Å². The van der Waals surface area contributed by atoms with E-state index >= 15 is 0 Å². The number of rotatable bonds is 8. The first-order valence-corrected chi connectivity index (χ1v) is 16.7. The zero-order valence-corrected chi connectivity index (χ0v) is 28.7. The Morgan fingerprint density at radius 1 is 1.00 bits per heavy atom. The van der Waals surface area contributed by atoms with Crippen LogP contribution in [0.3, 0.4) is 0 Å². The lowest BCUT2D eigenvalue weighted by atomic mass is 9.63. The van der Waals surface area contributed by atoms with Crippen LogP contribution in [0.2, 0.25) is 0 Å². The van der Waals surface area contributed by atoms with Gasteiger partial charge in [-0.1, -0.05) is 88.0 Å². The molecule has 3 N–H and O–H groups in total. The van der Waals surface area contributed by atoms with Gasteiger partial charge in [-0.3, -0.25) is 9.59 Å². The number of aliphatic hydroxyl groups is 3. The van der Waals surface area contributed by atoms with Gasteiger partial charge in [-0.15, -0.1) is 0 Å². The van der Waals surface area contributed by atoms with Crippen LogP contribution < -0.4 is 0 Å². The molecule has 254 valence electrons. The molecule has 8 heteroatoms. The number of esters is 2. The van der Waals surface area contributed by atoms with Crippen molar-refractivity contribution in [2.75, 3.05) is 6.61 Å². The number of aliphatic hydroxyl groups excluding tert-OH is 1. The Bertz CT molecular complexity index is 1550. The van der Waals surface area contributed by atoms with E-state index in [4.69, 9.17) is 9.47 Å². The van der Waals surface area contributed by atoms with E-state index in [1.54, 1.807) is 37.3 Å². The molecule has 5 aliphatic carbocycles. The summed E-state index contributed by atoms with van der Waals surface area (Å²) < 4.78 is 12.0. The summed E-state index contributed by atoms with van der Waals surface area (Å²) in [7, 11) is 0. The average Bonchev–Trinajstić information content (AvgIpc) is 3.40. The van der Waals surface area contributed by atoms with Gasteiger partial charge in [0, 0.05) is 49.0 Å². The molecule has 0 aromatic rings. The van der Waals surface area contributed by atoms with Crippen molar-refractivity contribution in [1.82, 2.24) is 0 Å². The van der Waals surface area contributed by atoms with Crippen LogP contribution in [-0.4, -0.2) is 62.6 Å². The quantitative estimate of drug-likeness (QED) is 0.135. The van der Waals surface area contributed by atoms with Crippen LogP contribution in [-0.2, 0) is 23.9 Å². The van der Waals surface area contributed by atoms with Gasteiger partial charge in [-0.05, 0) is 55.2 Å². The number of hydrogen-bond acceptors (Lipinski definition) is 8. The van der Waals surface area contributed by atoms with Crippen molar-refractivity contribution in [3.63, 3.8) is 0 Å². The molecule has 0 bridgehead atoms. The summed E-state index contributed by atoms with van der Waals surface area (Å²) in [6.45, 7) is 13.0. The van der Waals surface area contributed by atoms with Crippen molar-refractivity contribution in [2.24, 2.45) is 28.6 Å². The number of hydrogen-bond donors (Lipinski definition) is 3. The molecule has 0 heterocycles. The van der Waals surface area contributed by atoms with Gasteiger partial charge < -0.3 is 24.8 Å². The summed E-state index contributed by atoms with van der Waals surface area (Å²) in [6, 6.07) is 0. The highest BCUT2D eigenvalue weighted by Crippen LogP contribution is 2.76. The van der Waals surface area contributed by atoms with Crippen molar-refractivity contribution in [1.29, 1.82) is 0 Å². The fourth-order valence-electron chi connectivity index (χ4n) is 9.40. The van der Waals surface area contributed by atoms with E-state index in [0.29, 0.717) is 11.1 Å². The fraction of sp³-hybridized carbons (Fsp3) is 0.564. The summed E-state index contributed by atoms with van der Waals surface area (Å²) >= 11 is 0. The van der Waals surface area contributed by atoms with Gasteiger partial charge in [-0.2, -0.15) is 0 Å². The summed E-state index contributed by atoms with van der Waals surface area (Å²) in [5.74, 6) is -3.93. The molecular formula is C39H50O8. The molecule has 0 saturated heterocycles. The van der Waals surface area contributed by atoms with E-state index in [1.165, 1.54) is 37.0 Å². The van der Waals surface area contributed by atoms with Crippen LogP contribution in [0.5, 0.6) is 0 Å². The van der Waals surface area contributed by atoms with Crippen LogP contribution in [0, 0.1) is 28.6 Å². The number of Topliss-reactive ketones (excluding diaryl/α,β-unsaturated/α-hetero) is 1. The van der Waals surface area contributed by atoms with Crippen LogP contribution in [0.1, 0.15) is 80.6 Å². The molecule has 0 aliphatic heterocycles. The number of ketones is 1. The monoisotopic (exact) mass is 646 g/mol. The van der Waals surface area contributed by atoms with Crippen LogP contribution in [0.4, 0.5) is 0 Å². The standard InChI is InChI=1S/C39H50O8/c1-24-15-14-18-35(4,5)28(24)16-12-10-8-9-11-13-17-32(42)46-31-22-37(44)29(33-36(6,7)39(31,33)47-26(3)41)20-27(23-40)21-38(45)30(37)19-25(2)34(38)43/h8-13,16-17,19-20,29-31,33,40,44-45H,14-15,18,21-23H2,1-7H3/b10-8+,11-9+,16-12+,17-13+/t29-,30-,31+,33+,37+,38+,39-/m0/s1. The van der Waals surface area contributed by atoms with Crippen molar-refractivity contribution in [3.05, 3.63) is 83.1 Å². The molecule has 47 heavy (non-hydrogen) atoms. The number of ether oxygens (including phenoxy) is 2. The minimum Gasteiger partial charge on any atom is -0.455 e. The third-order valence-electron chi connectivity index (χ3n) is 11.6. The van der Waals surface area contributed by atoms with E-state index in [1.807, 2.05) is 32.1 Å². The molecule has 0 aromatic carbocycles. The van der Waals surface area contributed by atoms with Crippen molar-refractivity contribution in [3.8, 4) is 0 Å². The molecule has 7 atom stereocenters. The van der Waals surface area contributed by atoms with Crippen LogP contribution in [0.15, 0.2) is 83.1 Å². The molecule has 5 aliphatic rings. The van der Waals surface area contributed by atoms with Gasteiger partial charge in [0.15, 0.2) is 11.4 Å². The summed E-state index contributed by atoms with van der Waals surface area (Å²) in [4.78, 5) is 38.8. The second kappa shape index (κ2) is 12.3. The first kappa shape index (κ1) is 35.0. The molecule has 0 spiro atoms. The largest absolute Gasteiger partial charge is 0.455 e. The Morgan fingerprint density at radius 3 is 2.30 bits per heavy atom. The van der Waals surface area contributed by atoms with E-state index in [-0.39, 0.29) is 18.3 Å². The summed E-state index contributed by atoms with van der Waals surface area (Å²) in [6.07, 6.45) is 19.9. The Labute approximate surface area is 278 Å². The third kappa shape index (κ3) is 5.76. The van der Waals surface area contributed by atoms with Gasteiger partial charge in [0.2, 0.25) is 0 Å². The van der Waals surface area contributed by atoms with Crippen molar-refractivity contribution < 1.29 is 39.2 Å². The van der Waals surface area contributed by atoms with E-state index < -0.39 is 70.4 Å². The first-order chi connectivity index (χ1) is 22.0. The Hall–Kier alpha value is -3.33. The van der Waals surface area contributed by atoms with Crippen molar-refractivity contribution in [2.45, 2.75) is 103 Å². The highest BCUT2D eigenvalue weighted by Gasteiger charge is 2.86. The Morgan fingerprint density at radius 2 is 1.66 bits per heavy atom. The molecule has 0 unspecified atom stereocenters. The zero-order chi connectivity index (χ0) is 34.6. The first-order valence-electron chi connectivity index (χ1n) is 16.7. The number of fused-ring (bicyclic) bond motifs is 5. The Balaban J connectivity index is 1.36. The topological polar surface area (TPSA) is 130 Å². The highest BCUT2D eigenvalue weighted by atomic mass is 16.6. The van der Waals surface area contributed by atoms with Crippen LogP contribution >= 0.6 is 0 Å². The molecule has 5 rings (SSSR count). The predicted molar refractivity (Wildman–Crippen MR) is 179 cm³/mol. The minimum absolute atomic E-state index is 0.132. The minimum atomic E-state index is -1.95. The molecule has 2 fully saturated rings. The van der Waals surface area contributed by atoms with Crippen molar-refractivity contribution >= 4 is 17.7 Å². The lowest BCUT2D eigenvalue weighted by molar-refractivity contribution is -0.204. The lowest BCUT2D eigenvalue weighted by Crippen LogP contribution is -2.61. The van der Waals surface area contributed by atoms with Gasteiger partial charge in [-0.25, -0.2) is 4.79 Å². The average molecular weight is 647 g/mol. The maximum Gasteiger partial charge on any atom is 0.331 e. The smallest absolute Gasteiger partial charge is 0.331 e. The van der Waals surface area contributed by atoms with E-state index in [9.17, 15) is 29.7 Å².